The molecule has 138 valence electrons. The van der Waals surface area contributed by atoms with E-state index in [-0.39, 0.29) is 18.0 Å². The van der Waals surface area contributed by atoms with Crippen molar-refractivity contribution in [2.24, 2.45) is 14.1 Å². The molecule has 10 heteroatoms. The number of carbonyl (C=O) groups excluding carboxylic acids is 1. The number of imidazole rings is 1. The summed E-state index contributed by atoms with van der Waals surface area (Å²) < 4.78 is 9.59. The second kappa shape index (κ2) is 6.60. The number of fused-ring (bicyclic) bond motifs is 1. The molecule has 1 amide bonds. The van der Waals surface area contributed by atoms with Crippen LogP contribution < -0.4 is 11.2 Å². The van der Waals surface area contributed by atoms with Crippen LogP contribution in [0.2, 0.25) is 0 Å². The Bertz CT molecular complexity index is 1120. The molecule has 26 heavy (non-hydrogen) atoms. The minimum atomic E-state index is -0.505. The van der Waals surface area contributed by atoms with Gasteiger partial charge in [0.1, 0.15) is 18.1 Å². The summed E-state index contributed by atoms with van der Waals surface area (Å²) in [4.78, 5) is 42.8. The molecular formula is C16H18BrN5O4. The molecule has 0 radical (unpaired) electrons. The SMILES string of the molecule is Cc1ccc(CN(C)C(=O)Cn2c(Br)nc3c(=O)n(C)c(=O)n(C)c32)o1. The first kappa shape index (κ1) is 18.2. The summed E-state index contributed by atoms with van der Waals surface area (Å²) in [7, 11) is 4.58. The van der Waals surface area contributed by atoms with Gasteiger partial charge in [0.2, 0.25) is 5.91 Å². The summed E-state index contributed by atoms with van der Waals surface area (Å²) in [6.45, 7) is 2.08. The van der Waals surface area contributed by atoms with Gasteiger partial charge in [0.25, 0.3) is 5.56 Å². The molecule has 3 heterocycles. The number of amides is 1. The Morgan fingerprint density at radius 1 is 1.27 bits per heavy atom. The molecule has 0 bridgehead atoms. The Labute approximate surface area is 156 Å². The van der Waals surface area contributed by atoms with Crippen LogP contribution in [-0.4, -0.2) is 36.5 Å². The molecule has 3 rings (SSSR count). The zero-order valence-corrected chi connectivity index (χ0v) is 16.4. The van der Waals surface area contributed by atoms with E-state index >= 15 is 0 Å². The number of carbonyl (C=O) groups is 1. The molecule has 3 aromatic rings. The fourth-order valence-electron chi connectivity index (χ4n) is 2.75. The Morgan fingerprint density at radius 2 is 1.96 bits per heavy atom. The molecule has 0 aliphatic carbocycles. The van der Waals surface area contributed by atoms with Crippen molar-refractivity contribution >= 4 is 33.0 Å². The number of hydrogen-bond donors (Lipinski definition) is 0. The van der Waals surface area contributed by atoms with Crippen molar-refractivity contribution < 1.29 is 9.21 Å². The molecule has 0 N–H and O–H groups in total. The summed E-state index contributed by atoms with van der Waals surface area (Å²) in [5.74, 6) is 1.23. The lowest BCUT2D eigenvalue weighted by atomic mass is 10.4. The number of furan rings is 1. The fourth-order valence-corrected chi connectivity index (χ4v) is 3.22. The zero-order valence-electron chi connectivity index (χ0n) is 14.8. The summed E-state index contributed by atoms with van der Waals surface area (Å²) >= 11 is 3.27. The first-order valence-electron chi connectivity index (χ1n) is 7.81. The van der Waals surface area contributed by atoms with E-state index < -0.39 is 11.2 Å². The van der Waals surface area contributed by atoms with Gasteiger partial charge in [0.05, 0.1) is 6.54 Å². The van der Waals surface area contributed by atoms with Gasteiger partial charge < -0.3 is 9.32 Å². The zero-order chi connectivity index (χ0) is 19.2. The Hall–Kier alpha value is -2.62. The van der Waals surface area contributed by atoms with Crippen molar-refractivity contribution in [2.75, 3.05) is 7.05 Å². The van der Waals surface area contributed by atoms with Crippen LogP contribution in [0.5, 0.6) is 0 Å². The third kappa shape index (κ3) is 3.00. The van der Waals surface area contributed by atoms with E-state index in [2.05, 4.69) is 20.9 Å². The average molecular weight is 424 g/mol. The van der Waals surface area contributed by atoms with Crippen LogP contribution in [0.3, 0.4) is 0 Å². The molecule has 0 fully saturated rings. The van der Waals surface area contributed by atoms with Crippen LogP contribution in [0.1, 0.15) is 11.5 Å². The van der Waals surface area contributed by atoms with Gasteiger partial charge in [-0.1, -0.05) is 0 Å². The number of aryl methyl sites for hydroxylation is 2. The minimum absolute atomic E-state index is 0.0757. The van der Waals surface area contributed by atoms with Gasteiger partial charge in [0, 0.05) is 21.1 Å². The van der Waals surface area contributed by atoms with E-state index in [0.717, 1.165) is 10.3 Å². The number of aromatic nitrogens is 4. The normalized spacial score (nSPS) is 11.3. The van der Waals surface area contributed by atoms with Crippen molar-refractivity contribution in [1.82, 2.24) is 23.6 Å². The lowest BCUT2D eigenvalue weighted by Crippen LogP contribution is -2.38. The molecule has 0 aromatic carbocycles. The molecule has 0 spiro atoms. The van der Waals surface area contributed by atoms with Gasteiger partial charge >= 0.3 is 5.69 Å². The van der Waals surface area contributed by atoms with Crippen LogP contribution in [0.25, 0.3) is 11.2 Å². The Morgan fingerprint density at radius 3 is 2.58 bits per heavy atom. The van der Waals surface area contributed by atoms with E-state index in [9.17, 15) is 14.4 Å². The van der Waals surface area contributed by atoms with Crippen LogP contribution in [-0.2, 0) is 32.0 Å². The maximum Gasteiger partial charge on any atom is 0.332 e. The number of halogens is 1. The number of rotatable bonds is 4. The minimum Gasteiger partial charge on any atom is -0.464 e. The van der Waals surface area contributed by atoms with Crippen LogP contribution in [0.4, 0.5) is 0 Å². The van der Waals surface area contributed by atoms with Crippen molar-refractivity contribution in [2.45, 2.75) is 20.0 Å². The Balaban J connectivity index is 1.96. The van der Waals surface area contributed by atoms with Crippen molar-refractivity contribution in [1.29, 1.82) is 0 Å². The number of likely N-dealkylation sites (N-methyl/N-ethyl adjacent to an activating group) is 1. The standard InChI is InChI=1S/C16H18BrN5O4/c1-9-5-6-10(26-9)7-19(2)11(23)8-22-13-12(18-15(22)17)14(24)21(4)16(25)20(13)3/h5-6H,7-8H2,1-4H3. The highest BCUT2D eigenvalue weighted by molar-refractivity contribution is 9.10. The monoisotopic (exact) mass is 423 g/mol. The van der Waals surface area contributed by atoms with E-state index in [0.29, 0.717) is 22.7 Å². The Kier molecular flexibility index (Phi) is 4.61. The average Bonchev–Trinajstić information content (AvgIpc) is 3.14. The highest BCUT2D eigenvalue weighted by atomic mass is 79.9. The predicted molar refractivity (Wildman–Crippen MR) is 97.8 cm³/mol. The van der Waals surface area contributed by atoms with E-state index in [1.165, 1.54) is 28.1 Å². The summed E-state index contributed by atoms with van der Waals surface area (Å²) in [6.07, 6.45) is 0. The third-order valence-electron chi connectivity index (χ3n) is 4.20. The molecule has 0 aliphatic rings. The first-order valence-corrected chi connectivity index (χ1v) is 8.61. The van der Waals surface area contributed by atoms with Crippen molar-refractivity contribution in [3.05, 3.63) is 49.2 Å². The van der Waals surface area contributed by atoms with Crippen LogP contribution in [0.15, 0.2) is 30.9 Å². The summed E-state index contributed by atoms with van der Waals surface area (Å²) in [5.41, 5.74) is -0.573. The lowest BCUT2D eigenvalue weighted by Gasteiger charge is -2.17. The summed E-state index contributed by atoms with van der Waals surface area (Å²) in [6, 6.07) is 3.65. The largest absolute Gasteiger partial charge is 0.464 e. The fraction of sp³-hybridized carbons (Fsp3) is 0.375. The summed E-state index contributed by atoms with van der Waals surface area (Å²) in [5, 5.41) is 0. The second-order valence-corrected chi connectivity index (χ2v) is 6.82. The molecule has 3 aromatic heterocycles. The number of nitrogens with zero attached hydrogens (tertiary/aromatic N) is 5. The molecule has 0 aliphatic heterocycles. The van der Waals surface area contributed by atoms with E-state index in [1.54, 1.807) is 7.05 Å². The highest BCUT2D eigenvalue weighted by Gasteiger charge is 2.21. The molecule has 0 atom stereocenters. The maximum absolute atomic E-state index is 12.6. The van der Waals surface area contributed by atoms with Crippen LogP contribution in [0, 0.1) is 6.92 Å². The van der Waals surface area contributed by atoms with Crippen LogP contribution >= 0.6 is 15.9 Å². The quantitative estimate of drug-likeness (QED) is 0.577. The topological polar surface area (TPSA) is 95.3 Å². The van der Waals surface area contributed by atoms with Gasteiger partial charge in [-0.15, -0.1) is 0 Å². The third-order valence-corrected chi connectivity index (χ3v) is 4.81. The molecule has 9 nitrogen and oxygen atoms in total. The highest BCUT2D eigenvalue weighted by Crippen LogP contribution is 2.17. The first-order chi connectivity index (χ1) is 12.2. The van der Waals surface area contributed by atoms with E-state index in [1.807, 2.05) is 19.1 Å². The lowest BCUT2D eigenvalue weighted by molar-refractivity contribution is -0.131. The van der Waals surface area contributed by atoms with Gasteiger partial charge in [-0.3, -0.25) is 23.3 Å². The maximum atomic E-state index is 12.6. The van der Waals surface area contributed by atoms with Gasteiger partial charge in [-0.25, -0.2) is 9.78 Å². The predicted octanol–water partition coefficient (Wildman–Crippen LogP) is 0.756. The second-order valence-electron chi connectivity index (χ2n) is 6.11. The van der Waals surface area contributed by atoms with Crippen molar-refractivity contribution in [3.8, 4) is 0 Å². The van der Waals surface area contributed by atoms with Crippen molar-refractivity contribution in [3.63, 3.8) is 0 Å². The molecular weight excluding hydrogens is 406 g/mol. The van der Waals surface area contributed by atoms with Gasteiger partial charge in [-0.2, -0.15) is 0 Å². The molecule has 0 unspecified atom stereocenters. The smallest absolute Gasteiger partial charge is 0.332 e. The molecule has 0 saturated carbocycles. The van der Waals surface area contributed by atoms with Gasteiger partial charge in [-0.05, 0) is 35.0 Å². The molecule has 0 saturated heterocycles. The van der Waals surface area contributed by atoms with E-state index in [4.69, 9.17) is 4.42 Å². The van der Waals surface area contributed by atoms with Gasteiger partial charge in [0.15, 0.2) is 15.9 Å². The number of hydrogen-bond acceptors (Lipinski definition) is 5.